The monoisotopic (exact) mass is 429 g/mol. The van der Waals surface area contributed by atoms with Crippen LogP contribution in [0.15, 0.2) is 55.1 Å². The summed E-state index contributed by atoms with van der Waals surface area (Å²) in [6.07, 6.45) is 8.56. The van der Waals surface area contributed by atoms with E-state index in [0.29, 0.717) is 11.6 Å². The Hall–Kier alpha value is -3.92. The summed E-state index contributed by atoms with van der Waals surface area (Å²) in [6.45, 7) is 1.99. The Morgan fingerprint density at radius 1 is 1.03 bits per heavy atom. The van der Waals surface area contributed by atoms with E-state index in [2.05, 4.69) is 43.6 Å². The first kappa shape index (κ1) is 18.8. The van der Waals surface area contributed by atoms with Gasteiger partial charge in [0.25, 0.3) is 0 Å². The molecule has 0 spiro atoms. The Kier molecular flexibility index (Phi) is 4.32. The summed E-state index contributed by atoms with van der Waals surface area (Å²) < 4.78 is 11.7. The number of fused-ring (bicyclic) bond motifs is 2. The standard InChI is InChI=1S/C22H23N9O/c1-28-8-5-17(14-28)32-18-13-24-29(2)22(18)15-4-9-30-16(11-15)12-20(27-30)25-19-6-10-31-21(26-19)3-7-23-31/h3-4,6-7,9-13,17H,5,8,14H2,1-2H3,(H,25,26,27)/t17-/m0/s1. The first-order valence-electron chi connectivity index (χ1n) is 10.6. The second-order valence-corrected chi connectivity index (χ2v) is 8.16. The number of likely N-dealkylation sites (N-methyl/N-ethyl adjacent to an activating group) is 1. The SMILES string of the molecule is CN1CC[C@H](Oc2cnn(C)c2-c2ccn3nc(Nc4ccn5nccc5n4)cc3c2)C1. The number of hydrogen-bond donors (Lipinski definition) is 1. The summed E-state index contributed by atoms with van der Waals surface area (Å²) in [5, 5.41) is 16.5. The first-order valence-corrected chi connectivity index (χ1v) is 10.6. The van der Waals surface area contributed by atoms with E-state index in [0.717, 1.165) is 47.7 Å². The van der Waals surface area contributed by atoms with Gasteiger partial charge < -0.3 is 15.0 Å². The van der Waals surface area contributed by atoms with Crippen LogP contribution in [0, 0.1) is 0 Å². The lowest BCUT2D eigenvalue weighted by Crippen LogP contribution is -2.21. The molecule has 10 nitrogen and oxygen atoms in total. The quantitative estimate of drug-likeness (QED) is 0.459. The molecule has 1 atom stereocenters. The minimum absolute atomic E-state index is 0.193. The van der Waals surface area contributed by atoms with Crippen molar-refractivity contribution in [2.24, 2.45) is 7.05 Å². The van der Waals surface area contributed by atoms with Gasteiger partial charge in [0, 0.05) is 50.2 Å². The number of aromatic nitrogens is 7. The van der Waals surface area contributed by atoms with E-state index in [1.54, 1.807) is 16.9 Å². The third-order valence-corrected chi connectivity index (χ3v) is 5.80. The smallest absolute Gasteiger partial charge is 0.165 e. The lowest BCUT2D eigenvalue weighted by Gasteiger charge is -2.14. The molecule has 162 valence electrons. The van der Waals surface area contributed by atoms with Crippen molar-refractivity contribution < 1.29 is 4.74 Å². The molecule has 6 rings (SSSR count). The number of hydrogen-bond acceptors (Lipinski definition) is 7. The molecule has 10 heteroatoms. The van der Waals surface area contributed by atoms with Crippen LogP contribution in [0.2, 0.25) is 0 Å². The van der Waals surface area contributed by atoms with E-state index in [-0.39, 0.29) is 6.10 Å². The molecule has 0 bridgehead atoms. The van der Waals surface area contributed by atoms with E-state index in [1.165, 1.54) is 0 Å². The average molecular weight is 429 g/mol. The first-order chi connectivity index (χ1) is 15.6. The minimum atomic E-state index is 0.193. The third kappa shape index (κ3) is 3.34. The van der Waals surface area contributed by atoms with Gasteiger partial charge in [0.15, 0.2) is 17.2 Å². The van der Waals surface area contributed by atoms with Gasteiger partial charge in [-0.05, 0) is 31.7 Å². The van der Waals surface area contributed by atoms with E-state index in [4.69, 9.17) is 4.74 Å². The Balaban J connectivity index is 1.29. The highest BCUT2D eigenvalue weighted by molar-refractivity contribution is 5.73. The lowest BCUT2D eigenvalue weighted by atomic mass is 10.1. The highest BCUT2D eigenvalue weighted by Crippen LogP contribution is 2.32. The lowest BCUT2D eigenvalue weighted by molar-refractivity contribution is 0.209. The van der Waals surface area contributed by atoms with Gasteiger partial charge in [0.1, 0.15) is 17.6 Å². The fourth-order valence-corrected chi connectivity index (χ4v) is 4.22. The molecule has 5 aromatic heterocycles. The number of nitrogens with one attached hydrogen (secondary N) is 1. The van der Waals surface area contributed by atoms with E-state index in [1.807, 2.05) is 52.9 Å². The van der Waals surface area contributed by atoms with Crippen molar-refractivity contribution in [2.45, 2.75) is 12.5 Å². The van der Waals surface area contributed by atoms with Crippen LogP contribution in [-0.2, 0) is 7.05 Å². The van der Waals surface area contributed by atoms with Crippen molar-refractivity contribution in [2.75, 3.05) is 25.5 Å². The fraction of sp³-hybridized carbons (Fsp3) is 0.273. The van der Waals surface area contributed by atoms with Crippen molar-refractivity contribution in [3.8, 4) is 17.0 Å². The predicted molar refractivity (Wildman–Crippen MR) is 120 cm³/mol. The second-order valence-electron chi connectivity index (χ2n) is 8.16. The summed E-state index contributed by atoms with van der Waals surface area (Å²) in [6, 6.07) is 9.85. The maximum Gasteiger partial charge on any atom is 0.165 e. The van der Waals surface area contributed by atoms with Gasteiger partial charge >= 0.3 is 0 Å². The van der Waals surface area contributed by atoms with Crippen LogP contribution >= 0.6 is 0 Å². The number of rotatable bonds is 5. The molecule has 6 heterocycles. The van der Waals surface area contributed by atoms with Crippen LogP contribution in [0.4, 0.5) is 11.6 Å². The Bertz CT molecular complexity index is 1420. The minimum Gasteiger partial charge on any atom is -0.485 e. The molecule has 0 amide bonds. The number of pyridine rings is 1. The molecule has 1 N–H and O–H groups in total. The second kappa shape index (κ2) is 7.34. The number of ether oxygens (including phenoxy) is 1. The van der Waals surface area contributed by atoms with Crippen molar-refractivity contribution in [3.05, 3.63) is 55.1 Å². The maximum atomic E-state index is 6.30. The van der Waals surface area contributed by atoms with Crippen LogP contribution in [0.3, 0.4) is 0 Å². The molecule has 0 saturated carbocycles. The molecule has 0 radical (unpaired) electrons. The molecule has 0 unspecified atom stereocenters. The van der Waals surface area contributed by atoms with E-state index < -0.39 is 0 Å². The number of aryl methyl sites for hydroxylation is 1. The number of nitrogens with zero attached hydrogens (tertiary/aromatic N) is 8. The van der Waals surface area contributed by atoms with Crippen LogP contribution in [0.5, 0.6) is 5.75 Å². The van der Waals surface area contributed by atoms with Crippen molar-refractivity contribution in [3.63, 3.8) is 0 Å². The van der Waals surface area contributed by atoms with Gasteiger partial charge in [-0.15, -0.1) is 0 Å². The zero-order valence-corrected chi connectivity index (χ0v) is 17.9. The van der Waals surface area contributed by atoms with Crippen molar-refractivity contribution in [1.29, 1.82) is 0 Å². The molecule has 1 saturated heterocycles. The summed E-state index contributed by atoms with van der Waals surface area (Å²) in [5.74, 6) is 2.24. The van der Waals surface area contributed by atoms with Crippen molar-refractivity contribution >= 4 is 22.8 Å². The van der Waals surface area contributed by atoms with Gasteiger partial charge in [-0.25, -0.2) is 14.0 Å². The van der Waals surface area contributed by atoms with Crippen LogP contribution in [-0.4, -0.2) is 65.1 Å². The van der Waals surface area contributed by atoms with Crippen LogP contribution in [0.1, 0.15) is 6.42 Å². The molecular weight excluding hydrogens is 406 g/mol. The maximum absolute atomic E-state index is 6.30. The zero-order valence-electron chi connectivity index (χ0n) is 17.9. The summed E-state index contributed by atoms with van der Waals surface area (Å²) in [4.78, 5) is 6.83. The van der Waals surface area contributed by atoms with E-state index in [9.17, 15) is 0 Å². The summed E-state index contributed by atoms with van der Waals surface area (Å²) >= 11 is 0. The summed E-state index contributed by atoms with van der Waals surface area (Å²) in [5.41, 5.74) is 3.73. The van der Waals surface area contributed by atoms with Crippen LogP contribution in [0.25, 0.3) is 22.4 Å². The van der Waals surface area contributed by atoms with Crippen molar-refractivity contribution in [1.82, 2.24) is 38.9 Å². The molecule has 1 fully saturated rings. The average Bonchev–Trinajstić information content (AvgIpc) is 3.55. The predicted octanol–water partition coefficient (Wildman–Crippen LogP) is 2.60. The largest absolute Gasteiger partial charge is 0.485 e. The molecule has 0 aliphatic carbocycles. The highest BCUT2D eigenvalue weighted by atomic mass is 16.5. The normalized spacial score (nSPS) is 16.9. The fourth-order valence-electron chi connectivity index (χ4n) is 4.22. The number of likely N-dealkylation sites (tertiary alicyclic amines) is 1. The summed E-state index contributed by atoms with van der Waals surface area (Å²) in [7, 11) is 4.06. The zero-order chi connectivity index (χ0) is 21.7. The van der Waals surface area contributed by atoms with Gasteiger partial charge in [-0.1, -0.05) is 0 Å². The topological polar surface area (TPSA) is 89.8 Å². The highest BCUT2D eigenvalue weighted by Gasteiger charge is 2.23. The molecule has 5 aromatic rings. The van der Waals surface area contributed by atoms with Gasteiger partial charge in [-0.2, -0.15) is 15.3 Å². The van der Waals surface area contributed by atoms with Gasteiger partial charge in [-0.3, -0.25) is 4.68 Å². The molecule has 1 aliphatic rings. The van der Waals surface area contributed by atoms with E-state index >= 15 is 0 Å². The van der Waals surface area contributed by atoms with Gasteiger partial charge in [0.2, 0.25) is 0 Å². The van der Waals surface area contributed by atoms with Crippen LogP contribution < -0.4 is 10.1 Å². The Morgan fingerprint density at radius 2 is 1.94 bits per heavy atom. The number of anilines is 2. The third-order valence-electron chi connectivity index (χ3n) is 5.80. The molecule has 32 heavy (non-hydrogen) atoms. The molecule has 1 aliphatic heterocycles. The molecule has 0 aromatic carbocycles. The Labute approximate surface area is 184 Å². The van der Waals surface area contributed by atoms with Gasteiger partial charge in [0.05, 0.1) is 17.9 Å². The Morgan fingerprint density at radius 3 is 2.81 bits per heavy atom. The molecular formula is C22H23N9O.